The zero-order chi connectivity index (χ0) is 14.3. The first-order chi connectivity index (χ1) is 8.80. The molecule has 1 aliphatic rings. The van der Waals surface area contributed by atoms with Crippen LogP contribution in [0.15, 0.2) is 12.3 Å². The van der Waals surface area contributed by atoms with Gasteiger partial charge in [0.15, 0.2) is 6.29 Å². The highest BCUT2D eigenvalue weighted by atomic mass is 16.7. The molecule has 5 nitrogen and oxygen atoms in total. The first-order valence-corrected chi connectivity index (χ1v) is 6.21. The van der Waals surface area contributed by atoms with Gasteiger partial charge >= 0.3 is 7.12 Å². The number of aromatic nitrogens is 1. The molecular weight excluding hydrogens is 245 g/mol. The van der Waals surface area contributed by atoms with E-state index in [0.717, 1.165) is 0 Å². The molecule has 1 aliphatic heterocycles. The Balaban J connectivity index is 2.40. The number of hydrogen-bond donors (Lipinski definition) is 1. The van der Waals surface area contributed by atoms with E-state index in [2.05, 4.69) is 4.98 Å². The van der Waals surface area contributed by atoms with Gasteiger partial charge in [-0.25, -0.2) is 0 Å². The standard InChI is InChI=1S/C13H18BNO4/c1-12(2)13(3,4)19-14(18-12)10-5-9(7-16)6-15-11(10)8-17/h5-6,8,16H,7H2,1-4H3. The number of rotatable bonds is 3. The number of nitrogens with zero attached hydrogens (tertiary/aromatic N) is 1. The van der Waals surface area contributed by atoms with E-state index < -0.39 is 18.3 Å². The molecule has 1 aromatic heterocycles. The normalized spacial score (nSPS) is 20.6. The number of pyridine rings is 1. The van der Waals surface area contributed by atoms with Gasteiger partial charge in [0.2, 0.25) is 0 Å². The van der Waals surface area contributed by atoms with Crippen molar-refractivity contribution < 1.29 is 19.2 Å². The van der Waals surface area contributed by atoms with Gasteiger partial charge in [-0.05, 0) is 33.3 Å². The van der Waals surface area contributed by atoms with Crippen molar-refractivity contribution in [2.45, 2.75) is 45.5 Å². The third kappa shape index (κ3) is 2.43. The molecule has 102 valence electrons. The van der Waals surface area contributed by atoms with E-state index in [0.29, 0.717) is 17.3 Å². The number of carbonyl (C=O) groups excluding carboxylic acids is 1. The second kappa shape index (κ2) is 4.70. The zero-order valence-corrected chi connectivity index (χ0v) is 11.6. The van der Waals surface area contributed by atoms with Gasteiger partial charge in [-0.2, -0.15) is 0 Å². The molecule has 0 aromatic carbocycles. The van der Waals surface area contributed by atoms with Crippen LogP contribution in [0, 0.1) is 0 Å². The predicted octanol–water partition coefficient (Wildman–Crippen LogP) is 0.686. The lowest BCUT2D eigenvalue weighted by Crippen LogP contribution is -2.41. The van der Waals surface area contributed by atoms with Crippen LogP contribution in [0.5, 0.6) is 0 Å². The van der Waals surface area contributed by atoms with E-state index in [1.165, 1.54) is 6.20 Å². The van der Waals surface area contributed by atoms with Crippen molar-refractivity contribution in [3.05, 3.63) is 23.5 Å². The summed E-state index contributed by atoms with van der Waals surface area (Å²) >= 11 is 0. The smallest absolute Gasteiger partial charge is 0.399 e. The molecular formula is C13H18BNO4. The molecule has 0 aliphatic carbocycles. The molecule has 0 saturated carbocycles. The van der Waals surface area contributed by atoms with Crippen LogP contribution in [-0.2, 0) is 15.9 Å². The van der Waals surface area contributed by atoms with Crippen molar-refractivity contribution in [3.63, 3.8) is 0 Å². The van der Waals surface area contributed by atoms with Gasteiger partial charge in [0.05, 0.1) is 17.8 Å². The Labute approximate surface area is 113 Å². The van der Waals surface area contributed by atoms with Gasteiger partial charge in [-0.15, -0.1) is 0 Å². The van der Waals surface area contributed by atoms with Gasteiger partial charge in [0.25, 0.3) is 0 Å². The highest BCUT2D eigenvalue weighted by Gasteiger charge is 2.52. The summed E-state index contributed by atoms with van der Waals surface area (Å²) in [5, 5.41) is 9.16. The maximum Gasteiger partial charge on any atom is 0.497 e. The molecule has 0 bridgehead atoms. The fraction of sp³-hybridized carbons (Fsp3) is 0.538. The molecule has 0 radical (unpaired) electrons. The second-order valence-electron chi connectivity index (χ2n) is 5.68. The molecule has 1 saturated heterocycles. The van der Waals surface area contributed by atoms with E-state index in [1.54, 1.807) is 6.07 Å². The van der Waals surface area contributed by atoms with E-state index >= 15 is 0 Å². The lowest BCUT2D eigenvalue weighted by Gasteiger charge is -2.32. The molecule has 1 N–H and O–H groups in total. The Morgan fingerprint density at radius 3 is 2.37 bits per heavy atom. The van der Waals surface area contributed by atoms with Crippen LogP contribution < -0.4 is 5.46 Å². The summed E-state index contributed by atoms with van der Waals surface area (Å²) in [6.07, 6.45) is 2.14. The van der Waals surface area contributed by atoms with Crippen molar-refractivity contribution in [2.75, 3.05) is 0 Å². The van der Waals surface area contributed by atoms with Gasteiger partial charge in [-0.3, -0.25) is 9.78 Å². The maximum atomic E-state index is 11.1. The Hall–Kier alpha value is -1.24. The van der Waals surface area contributed by atoms with Crippen LogP contribution in [0.2, 0.25) is 0 Å². The third-order valence-electron chi connectivity index (χ3n) is 3.81. The minimum Gasteiger partial charge on any atom is -0.399 e. The average Bonchev–Trinajstić information content (AvgIpc) is 2.57. The second-order valence-corrected chi connectivity index (χ2v) is 5.68. The molecule has 0 spiro atoms. The molecule has 19 heavy (non-hydrogen) atoms. The molecule has 6 heteroatoms. The van der Waals surface area contributed by atoms with Crippen molar-refractivity contribution in [2.24, 2.45) is 0 Å². The van der Waals surface area contributed by atoms with Crippen molar-refractivity contribution in [1.82, 2.24) is 4.98 Å². The SMILES string of the molecule is CC1(C)OB(c2cc(CO)cnc2C=O)OC1(C)C. The van der Waals surface area contributed by atoms with E-state index in [9.17, 15) is 4.79 Å². The van der Waals surface area contributed by atoms with E-state index in [4.69, 9.17) is 14.4 Å². The minimum absolute atomic E-state index is 0.140. The molecule has 1 aromatic rings. The van der Waals surface area contributed by atoms with E-state index in [-0.39, 0.29) is 12.3 Å². The van der Waals surface area contributed by atoms with Gasteiger partial charge in [-0.1, -0.05) is 6.07 Å². The highest BCUT2D eigenvalue weighted by Crippen LogP contribution is 2.36. The van der Waals surface area contributed by atoms with Crippen LogP contribution in [0.3, 0.4) is 0 Å². The van der Waals surface area contributed by atoms with Gasteiger partial charge < -0.3 is 14.4 Å². The molecule has 0 atom stereocenters. The number of carbonyl (C=O) groups is 1. The summed E-state index contributed by atoms with van der Waals surface area (Å²) in [5.41, 5.74) is 0.492. The first-order valence-electron chi connectivity index (χ1n) is 6.21. The number of aldehydes is 1. The quantitative estimate of drug-likeness (QED) is 0.641. The Morgan fingerprint density at radius 2 is 1.89 bits per heavy atom. The first kappa shape index (κ1) is 14.2. The van der Waals surface area contributed by atoms with E-state index in [1.807, 2.05) is 27.7 Å². The number of aliphatic hydroxyl groups excluding tert-OH is 1. The fourth-order valence-electron chi connectivity index (χ4n) is 1.88. The van der Waals surface area contributed by atoms with Crippen molar-refractivity contribution in [1.29, 1.82) is 0 Å². The van der Waals surface area contributed by atoms with Gasteiger partial charge in [0, 0.05) is 11.7 Å². The summed E-state index contributed by atoms with van der Waals surface area (Å²) in [6.45, 7) is 7.63. The van der Waals surface area contributed by atoms with Crippen molar-refractivity contribution in [3.8, 4) is 0 Å². The Kier molecular flexibility index (Phi) is 3.51. The molecule has 1 fully saturated rings. The van der Waals surface area contributed by atoms with Crippen LogP contribution in [0.25, 0.3) is 0 Å². The summed E-state index contributed by atoms with van der Waals surface area (Å²) in [4.78, 5) is 15.1. The van der Waals surface area contributed by atoms with Crippen molar-refractivity contribution >= 4 is 18.9 Å². The van der Waals surface area contributed by atoms with Gasteiger partial charge in [0.1, 0.15) is 5.69 Å². The summed E-state index contributed by atoms with van der Waals surface area (Å²) in [6, 6.07) is 1.69. The summed E-state index contributed by atoms with van der Waals surface area (Å²) in [5.74, 6) is 0. The Morgan fingerprint density at radius 1 is 1.32 bits per heavy atom. The summed E-state index contributed by atoms with van der Waals surface area (Å²) in [7, 11) is -0.649. The van der Waals surface area contributed by atoms with Crippen LogP contribution >= 0.6 is 0 Å². The van der Waals surface area contributed by atoms with Crippen LogP contribution in [-0.4, -0.2) is 34.7 Å². The number of hydrogen-bond acceptors (Lipinski definition) is 5. The predicted molar refractivity (Wildman–Crippen MR) is 71.3 cm³/mol. The van der Waals surface area contributed by atoms with Crippen LogP contribution in [0.4, 0.5) is 0 Å². The lowest BCUT2D eigenvalue weighted by molar-refractivity contribution is 0.00578. The lowest BCUT2D eigenvalue weighted by atomic mass is 9.77. The summed E-state index contributed by atoms with van der Waals surface area (Å²) < 4.78 is 11.8. The van der Waals surface area contributed by atoms with Crippen LogP contribution in [0.1, 0.15) is 43.7 Å². The maximum absolute atomic E-state index is 11.1. The number of aliphatic hydroxyl groups is 1. The Bertz CT molecular complexity index is 485. The fourth-order valence-corrected chi connectivity index (χ4v) is 1.88. The topological polar surface area (TPSA) is 68.7 Å². The zero-order valence-electron chi connectivity index (χ0n) is 11.6. The molecule has 0 unspecified atom stereocenters. The highest BCUT2D eigenvalue weighted by molar-refractivity contribution is 6.63. The average molecular weight is 263 g/mol. The third-order valence-corrected chi connectivity index (χ3v) is 3.81. The molecule has 2 rings (SSSR count). The molecule has 0 amide bonds. The minimum atomic E-state index is -0.649. The monoisotopic (exact) mass is 263 g/mol. The molecule has 2 heterocycles. The largest absolute Gasteiger partial charge is 0.497 e.